The van der Waals surface area contributed by atoms with Crippen molar-refractivity contribution in [3.05, 3.63) is 41.1 Å². The molecule has 1 spiro atoms. The van der Waals surface area contributed by atoms with E-state index in [-0.39, 0.29) is 23.5 Å². The first-order chi connectivity index (χ1) is 15.3. The van der Waals surface area contributed by atoms with Gasteiger partial charge in [0.15, 0.2) is 21.3 Å². The summed E-state index contributed by atoms with van der Waals surface area (Å²) in [6.07, 6.45) is 1.80. The molecule has 8 nitrogen and oxygen atoms in total. The second-order valence-electron chi connectivity index (χ2n) is 9.12. The van der Waals surface area contributed by atoms with E-state index in [1.54, 1.807) is 9.58 Å². The molecule has 32 heavy (non-hydrogen) atoms. The first-order valence-electron chi connectivity index (χ1n) is 11.2. The number of piperidine rings is 1. The second-order valence-corrected chi connectivity index (χ2v) is 11.3. The summed E-state index contributed by atoms with van der Waals surface area (Å²) >= 11 is 0. The normalized spacial score (nSPS) is 24.3. The van der Waals surface area contributed by atoms with Crippen molar-refractivity contribution in [2.24, 2.45) is 0 Å². The van der Waals surface area contributed by atoms with E-state index in [0.29, 0.717) is 51.3 Å². The molecule has 3 aliphatic heterocycles. The average Bonchev–Trinajstić information content (AvgIpc) is 3.49. The van der Waals surface area contributed by atoms with Gasteiger partial charge < -0.3 is 14.4 Å². The number of hydrogen-bond donors (Lipinski definition) is 0. The highest BCUT2D eigenvalue weighted by molar-refractivity contribution is 7.91. The predicted molar refractivity (Wildman–Crippen MR) is 119 cm³/mol. The third kappa shape index (κ3) is 3.97. The monoisotopic (exact) mass is 459 g/mol. The fourth-order valence-corrected chi connectivity index (χ4v) is 6.55. The van der Waals surface area contributed by atoms with Crippen molar-refractivity contribution in [1.82, 2.24) is 14.7 Å². The molecule has 172 valence electrons. The number of ether oxygens (including phenoxy) is 2. The van der Waals surface area contributed by atoms with E-state index in [1.807, 2.05) is 25.1 Å². The molecule has 0 bridgehead atoms. The number of aromatic nitrogens is 2. The predicted octanol–water partition coefficient (Wildman–Crippen LogP) is 2.51. The van der Waals surface area contributed by atoms with Crippen molar-refractivity contribution in [2.75, 3.05) is 37.8 Å². The standard InChI is InChI=1S/C23H29N3O5S/c1-16-3-4-18(13-17(16)2)21-14-20(24-26(21)19-5-12-32(28,29)15-19)22(27)25-8-6-23(7-9-25)30-10-11-31-23/h3-4,13-14,19H,5-12,15H2,1-2H3/t19-/m0/s1. The lowest BCUT2D eigenvalue weighted by Crippen LogP contribution is -2.47. The van der Waals surface area contributed by atoms with Gasteiger partial charge in [0.05, 0.1) is 36.5 Å². The van der Waals surface area contributed by atoms with Crippen LogP contribution in [-0.4, -0.2) is 72.6 Å². The van der Waals surface area contributed by atoms with Crippen LogP contribution in [0.4, 0.5) is 0 Å². The van der Waals surface area contributed by atoms with Gasteiger partial charge in [-0.3, -0.25) is 9.48 Å². The number of aryl methyl sites for hydroxylation is 2. The first-order valence-corrected chi connectivity index (χ1v) is 13.0. The molecule has 0 aliphatic carbocycles. The molecule has 1 aromatic carbocycles. The highest BCUT2D eigenvalue weighted by Gasteiger charge is 2.41. The minimum absolute atomic E-state index is 0.0566. The number of nitrogens with zero attached hydrogens (tertiary/aromatic N) is 3. The van der Waals surface area contributed by atoms with Crippen LogP contribution in [0.5, 0.6) is 0 Å². The molecular weight excluding hydrogens is 430 g/mol. The smallest absolute Gasteiger partial charge is 0.274 e. The number of hydrogen-bond acceptors (Lipinski definition) is 6. The van der Waals surface area contributed by atoms with Gasteiger partial charge >= 0.3 is 0 Å². The number of benzene rings is 1. The molecule has 0 N–H and O–H groups in total. The molecule has 1 atom stereocenters. The minimum Gasteiger partial charge on any atom is -0.347 e. The van der Waals surface area contributed by atoms with Crippen molar-refractivity contribution in [1.29, 1.82) is 0 Å². The van der Waals surface area contributed by atoms with Crippen molar-refractivity contribution >= 4 is 15.7 Å². The number of sulfone groups is 1. The van der Waals surface area contributed by atoms with Crippen LogP contribution in [0.3, 0.4) is 0 Å². The largest absolute Gasteiger partial charge is 0.347 e. The molecule has 4 heterocycles. The molecule has 3 aliphatic rings. The van der Waals surface area contributed by atoms with Gasteiger partial charge in [0, 0.05) is 31.5 Å². The van der Waals surface area contributed by atoms with Crippen LogP contribution in [-0.2, 0) is 19.3 Å². The number of carbonyl (C=O) groups is 1. The zero-order valence-corrected chi connectivity index (χ0v) is 19.4. The van der Waals surface area contributed by atoms with Gasteiger partial charge in [-0.15, -0.1) is 0 Å². The van der Waals surface area contributed by atoms with E-state index < -0.39 is 15.6 Å². The Balaban J connectivity index is 1.45. The second kappa shape index (κ2) is 7.97. The van der Waals surface area contributed by atoms with Crippen LogP contribution in [0.15, 0.2) is 24.3 Å². The van der Waals surface area contributed by atoms with Gasteiger partial charge in [-0.25, -0.2) is 8.42 Å². The lowest BCUT2D eigenvalue weighted by atomic mass is 10.0. The van der Waals surface area contributed by atoms with E-state index in [2.05, 4.69) is 18.1 Å². The van der Waals surface area contributed by atoms with Gasteiger partial charge in [-0.1, -0.05) is 12.1 Å². The molecule has 0 saturated carbocycles. The van der Waals surface area contributed by atoms with Crippen LogP contribution in [0, 0.1) is 13.8 Å². The topological polar surface area (TPSA) is 90.7 Å². The van der Waals surface area contributed by atoms with E-state index in [4.69, 9.17) is 9.47 Å². The maximum absolute atomic E-state index is 13.3. The number of amides is 1. The molecule has 2 aromatic rings. The van der Waals surface area contributed by atoms with Crippen LogP contribution >= 0.6 is 0 Å². The molecule has 9 heteroatoms. The Labute approximate surface area is 188 Å². The Morgan fingerprint density at radius 1 is 1.09 bits per heavy atom. The fraction of sp³-hybridized carbons (Fsp3) is 0.565. The van der Waals surface area contributed by atoms with E-state index >= 15 is 0 Å². The summed E-state index contributed by atoms with van der Waals surface area (Å²) in [5, 5.41) is 4.65. The summed E-state index contributed by atoms with van der Waals surface area (Å²) in [6, 6.07) is 7.67. The van der Waals surface area contributed by atoms with Crippen molar-refractivity contribution in [2.45, 2.75) is 44.9 Å². The summed E-state index contributed by atoms with van der Waals surface area (Å²) < 4.78 is 37.6. The van der Waals surface area contributed by atoms with Crippen LogP contribution in [0.25, 0.3) is 11.3 Å². The molecule has 0 unspecified atom stereocenters. The molecule has 1 aromatic heterocycles. The Morgan fingerprint density at radius 3 is 2.44 bits per heavy atom. The van der Waals surface area contributed by atoms with E-state index in [1.165, 1.54) is 5.56 Å². The Kier molecular flexibility index (Phi) is 5.38. The summed E-state index contributed by atoms with van der Waals surface area (Å²) in [4.78, 5) is 15.1. The van der Waals surface area contributed by atoms with Crippen LogP contribution in [0.2, 0.25) is 0 Å². The van der Waals surface area contributed by atoms with Crippen molar-refractivity contribution in [3.8, 4) is 11.3 Å². The van der Waals surface area contributed by atoms with Gasteiger partial charge in [-0.05, 0) is 43.5 Å². The van der Waals surface area contributed by atoms with Crippen molar-refractivity contribution in [3.63, 3.8) is 0 Å². The lowest BCUT2D eigenvalue weighted by molar-refractivity contribution is -0.181. The van der Waals surface area contributed by atoms with Crippen LogP contribution < -0.4 is 0 Å². The number of likely N-dealkylation sites (tertiary alicyclic amines) is 1. The van der Waals surface area contributed by atoms with E-state index in [9.17, 15) is 13.2 Å². The summed E-state index contributed by atoms with van der Waals surface area (Å²) in [7, 11) is -3.09. The van der Waals surface area contributed by atoms with Crippen LogP contribution in [0.1, 0.15) is 46.9 Å². The maximum atomic E-state index is 13.3. The SMILES string of the molecule is Cc1ccc(-c2cc(C(=O)N3CCC4(CC3)OCCO4)nn2[C@H]2CCS(=O)(=O)C2)cc1C. The molecule has 1 amide bonds. The minimum atomic E-state index is -3.09. The zero-order valence-electron chi connectivity index (χ0n) is 18.5. The highest BCUT2D eigenvalue weighted by Crippen LogP contribution is 2.34. The highest BCUT2D eigenvalue weighted by atomic mass is 32.2. The third-order valence-electron chi connectivity index (χ3n) is 6.94. The van der Waals surface area contributed by atoms with Gasteiger partial charge in [-0.2, -0.15) is 5.10 Å². The Hall–Kier alpha value is -2.23. The first kappa shape index (κ1) is 21.6. The summed E-state index contributed by atoms with van der Waals surface area (Å²) in [5.74, 6) is -0.469. The average molecular weight is 460 g/mol. The summed E-state index contributed by atoms with van der Waals surface area (Å²) in [5.41, 5.74) is 4.40. The lowest BCUT2D eigenvalue weighted by Gasteiger charge is -2.37. The van der Waals surface area contributed by atoms with Crippen molar-refractivity contribution < 1.29 is 22.7 Å². The summed E-state index contributed by atoms with van der Waals surface area (Å²) in [6.45, 7) is 6.38. The molecule has 3 saturated heterocycles. The third-order valence-corrected chi connectivity index (χ3v) is 8.69. The number of rotatable bonds is 3. The Bertz CT molecular complexity index is 1140. The quantitative estimate of drug-likeness (QED) is 0.701. The van der Waals surface area contributed by atoms with Gasteiger partial charge in [0.1, 0.15) is 0 Å². The zero-order chi connectivity index (χ0) is 22.5. The molecule has 3 fully saturated rings. The van der Waals surface area contributed by atoms with Gasteiger partial charge in [0.2, 0.25) is 0 Å². The fourth-order valence-electron chi connectivity index (χ4n) is 4.86. The maximum Gasteiger partial charge on any atom is 0.274 e. The molecular formula is C23H29N3O5S. The van der Waals surface area contributed by atoms with Gasteiger partial charge in [0.25, 0.3) is 5.91 Å². The Morgan fingerprint density at radius 2 is 1.81 bits per heavy atom. The molecule has 5 rings (SSSR count). The van der Waals surface area contributed by atoms with E-state index in [0.717, 1.165) is 16.8 Å². The number of carbonyl (C=O) groups excluding carboxylic acids is 1. The molecule has 0 radical (unpaired) electrons.